The third kappa shape index (κ3) is 3.55. The van der Waals surface area contributed by atoms with E-state index >= 15 is 0 Å². The molecule has 1 amide bonds. The molecule has 1 heterocycles. The molecule has 0 fully saturated rings. The average molecular weight is 209 g/mol. The third-order valence-electron chi connectivity index (χ3n) is 1.83. The molecule has 0 atom stereocenters. The summed E-state index contributed by atoms with van der Waals surface area (Å²) < 4.78 is 4.83. The summed E-state index contributed by atoms with van der Waals surface area (Å²) >= 11 is 0. The molecule has 0 aliphatic carbocycles. The average Bonchev–Trinajstić information content (AvgIpc) is 2.29. The van der Waals surface area contributed by atoms with Gasteiger partial charge in [-0.2, -0.15) is 0 Å². The number of rotatable bonds is 5. The van der Waals surface area contributed by atoms with E-state index in [0.717, 1.165) is 0 Å². The van der Waals surface area contributed by atoms with Gasteiger partial charge in [0.1, 0.15) is 11.5 Å². The van der Waals surface area contributed by atoms with Crippen LogP contribution in [0, 0.1) is 0 Å². The number of nitrogens with zero attached hydrogens (tertiary/aromatic N) is 1. The number of ether oxygens (including phenoxy) is 1. The number of hydrogen-bond donors (Lipinski definition) is 2. The van der Waals surface area contributed by atoms with Crippen LogP contribution in [-0.2, 0) is 4.74 Å². The number of aromatic nitrogens is 1. The largest absolute Gasteiger partial charge is 0.383 e. The number of methoxy groups -OCH3 is 1. The van der Waals surface area contributed by atoms with Crippen LogP contribution in [0.2, 0.25) is 0 Å². The SMILES string of the molecule is CNc1cccc(C(=O)NCCOC)n1. The molecular weight excluding hydrogens is 194 g/mol. The highest BCUT2D eigenvalue weighted by Gasteiger charge is 2.06. The van der Waals surface area contributed by atoms with E-state index in [-0.39, 0.29) is 5.91 Å². The minimum absolute atomic E-state index is 0.191. The molecule has 1 aromatic heterocycles. The number of amides is 1. The maximum atomic E-state index is 11.5. The fourth-order valence-electron chi connectivity index (χ4n) is 1.06. The molecular formula is C10H15N3O2. The van der Waals surface area contributed by atoms with Crippen molar-refractivity contribution in [2.24, 2.45) is 0 Å². The van der Waals surface area contributed by atoms with Crippen LogP contribution < -0.4 is 10.6 Å². The van der Waals surface area contributed by atoms with E-state index in [1.807, 2.05) is 0 Å². The number of pyridine rings is 1. The minimum Gasteiger partial charge on any atom is -0.383 e. The highest BCUT2D eigenvalue weighted by Crippen LogP contribution is 2.03. The Kier molecular flexibility index (Phi) is 4.56. The van der Waals surface area contributed by atoms with Gasteiger partial charge >= 0.3 is 0 Å². The molecule has 2 N–H and O–H groups in total. The van der Waals surface area contributed by atoms with Crippen LogP contribution in [0.3, 0.4) is 0 Å². The number of hydrogen-bond acceptors (Lipinski definition) is 4. The lowest BCUT2D eigenvalue weighted by Gasteiger charge is -2.05. The third-order valence-corrected chi connectivity index (χ3v) is 1.83. The number of carbonyl (C=O) groups excluding carboxylic acids is 1. The summed E-state index contributed by atoms with van der Waals surface area (Å²) in [6.07, 6.45) is 0. The van der Waals surface area contributed by atoms with E-state index in [4.69, 9.17) is 4.74 Å². The first kappa shape index (κ1) is 11.5. The summed E-state index contributed by atoms with van der Waals surface area (Å²) in [7, 11) is 3.35. The van der Waals surface area contributed by atoms with E-state index in [1.165, 1.54) is 0 Å². The van der Waals surface area contributed by atoms with E-state index in [1.54, 1.807) is 32.4 Å². The van der Waals surface area contributed by atoms with Crippen molar-refractivity contribution in [3.8, 4) is 0 Å². The molecule has 0 saturated carbocycles. The molecule has 0 unspecified atom stereocenters. The highest BCUT2D eigenvalue weighted by molar-refractivity contribution is 5.92. The predicted octanol–water partition coefficient (Wildman–Crippen LogP) is 0.499. The van der Waals surface area contributed by atoms with E-state index in [2.05, 4.69) is 15.6 Å². The molecule has 5 heteroatoms. The van der Waals surface area contributed by atoms with Gasteiger partial charge in [-0.05, 0) is 12.1 Å². The molecule has 82 valence electrons. The van der Waals surface area contributed by atoms with Crippen molar-refractivity contribution in [1.29, 1.82) is 0 Å². The van der Waals surface area contributed by atoms with Crippen LogP contribution >= 0.6 is 0 Å². The Balaban J connectivity index is 2.57. The van der Waals surface area contributed by atoms with E-state index in [0.29, 0.717) is 24.7 Å². The Labute approximate surface area is 88.9 Å². The zero-order valence-corrected chi connectivity index (χ0v) is 8.91. The molecule has 0 aliphatic heterocycles. The topological polar surface area (TPSA) is 63.2 Å². The Hall–Kier alpha value is -1.62. The second kappa shape index (κ2) is 5.98. The van der Waals surface area contributed by atoms with Gasteiger partial charge in [0, 0.05) is 20.7 Å². The van der Waals surface area contributed by atoms with Gasteiger partial charge in [0.25, 0.3) is 5.91 Å². The van der Waals surface area contributed by atoms with Gasteiger partial charge in [-0.15, -0.1) is 0 Å². The van der Waals surface area contributed by atoms with Crippen LogP contribution in [0.5, 0.6) is 0 Å². The summed E-state index contributed by atoms with van der Waals surface area (Å²) in [6, 6.07) is 5.25. The second-order valence-electron chi connectivity index (χ2n) is 2.91. The Morgan fingerprint density at radius 2 is 2.33 bits per heavy atom. The van der Waals surface area contributed by atoms with Crippen LogP contribution in [0.4, 0.5) is 5.82 Å². The first-order chi connectivity index (χ1) is 7.27. The number of carbonyl (C=O) groups is 1. The quantitative estimate of drug-likeness (QED) is 0.693. The molecule has 0 radical (unpaired) electrons. The van der Waals surface area contributed by atoms with Crippen molar-refractivity contribution in [3.05, 3.63) is 23.9 Å². The normalized spacial score (nSPS) is 9.73. The first-order valence-electron chi connectivity index (χ1n) is 4.70. The molecule has 0 aliphatic rings. The Morgan fingerprint density at radius 1 is 1.53 bits per heavy atom. The van der Waals surface area contributed by atoms with Crippen molar-refractivity contribution in [2.45, 2.75) is 0 Å². The van der Waals surface area contributed by atoms with Crippen LogP contribution in [0.25, 0.3) is 0 Å². The molecule has 0 saturated heterocycles. The van der Waals surface area contributed by atoms with Gasteiger partial charge in [0.05, 0.1) is 6.61 Å². The fourth-order valence-corrected chi connectivity index (χ4v) is 1.06. The van der Waals surface area contributed by atoms with Gasteiger partial charge in [-0.1, -0.05) is 6.07 Å². The highest BCUT2D eigenvalue weighted by atomic mass is 16.5. The van der Waals surface area contributed by atoms with Gasteiger partial charge in [0.15, 0.2) is 0 Å². The first-order valence-corrected chi connectivity index (χ1v) is 4.70. The van der Waals surface area contributed by atoms with Crippen molar-refractivity contribution < 1.29 is 9.53 Å². The van der Waals surface area contributed by atoms with E-state index < -0.39 is 0 Å². The van der Waals surface area contributed by atoms with Crippen molar-refractivity contribution in [2.75, 3.05) is 32.6 Å². The molecule has 0 bridgehead atoms. The maximum absolute atomic E-state index is 11.5. The Bertz CT molecular complexity index is 328. The zero-order valence-electron chi connectivity index (χ0n) is 8.91. The van der Waals surface area contributed by atoms with Crippen LogP contribution in [-0.4, -0.2) is 38.2 Å². The van der Waals surface area contributed by atoms with Gasteiger partial charge in [-0.3, -0.25) is 4.79 Å². The predicted molar refractivity (Wildman–Crippen MR) is 58.0 cm³/mol. The summed E-state index contributed by atoms with van der Waals surface area (Å²) in [4.78, 5) is 15.6. The maximum Gasteiger partial charge on any atom is 0.270 e. The lowest BCUT2D eigenvalue weighted by molar-refractivity contribution is 0.0932. The molecule has 0 aromatic carbocycles. The van der Waals surface area contributed by atoms with Crippen LogP contribution in [0.1, 0.15) is 10.5 Å². The molecule has 1 rings (SSSR count). The minimum atomic E-state index is -0.191. The summed E-state index contributed by atoms with van der Waals surface area (Å²) in [5.74, 6) is 0.485. The summed E-state index contributed by atoms with van der Waals surface area (Å²) in [6.45, 7) is 0.984. The number of nitrogens with one attached hydrogen (secondary N) is 2. The van der Waals surface area contributed by atoms with Crippen LogP contribution in [0.15, 0.2) is 18.2 Å². The van der Waals surface area contributed by atoms with Gasteiger partial charge in [-0.25, -0.2) is 4.98 Å². The molecule has 15 heavy (non-hydrogen) atoms. The smallest absolute Gasteiger partial charge is 0.270 e. The lowest BCUT2D eigenvalue weighted by Crippen LogP contribution is -2.27. The lowest BCUT2D eigenvalue weighted by atomic mass is 10.3. The summed E-state index contributed by atoms with van der Waals surface area (Å²) in [5.41, 5.74) is 0.401. The molecule has 5 nitrogen and oxygen atoms in total. The monoisotopic (exact) mass is 209 g/mol. The number of anilines is 1. The van der Waals surface area contributed by atoms with Gasteiger partial charge < -0.3 is 15.4 Å². The summed E-state index contributed by atoms with van der Waals surface area (Å²) in [5, 5.41) is 5.57. The second-order valence-corrected chi connectivity index (χ2v) is 2.91. The molecule has 1 aromatic rings. The standard InChI is InChI=1S/C10H15N3O2/c1-11-9-5-3-4-8(13-9)10(14)12-6-7-15-2/h3-5H,6-7H2,1-2H3,(H,11,13)(H,12,14). The van der Waals surface area contributed by atoms with Crippen molar-refractivity contribution in [1.82, 2.24) is 10.3 Å². The zero-order chi connectivity index (χ0) is 11.1. The Morgan fingerprint density at radius 3 is 3.00 bits per heavy atom. The van der Waals surface area contributed by atoms with Gasteiger partial charge in [0.2, 0.25) is 0 Å². The van der Waals surface area contributed by atoms with Crippen molar-refractivity contribution in [3.63, 3.8) is 0 Å². The van der Waals surface area contributed by atoms with E-state index in [9.17, 15) is 4.79 Å². The fraction of sp³-hybridized carbons (Fsp3) is 0.400. The van der Waals surface area contributed by atoms with Crippen molar-refractivity contribution >= 4 is 11.7 Å². The molecule has 0 spiro atoms.